The van der Waals surface area contributed by atoms with Crippen LogP contribution in [0.1, 0.15) is 219 Å². The van der Waals surface area contributed by atoms with E-state index in [-0.39, 0.29) is 36.2 Å². The van der Waals surface area contributed by atoms with Crippen molar-refractivity contribution in [1.29, 1.82) is 0 Å². The van der Waals surface area contributed by atoms with Gasteiger partial charge in [0.05, 0.1) is 34.4 Å². The number of carbonyl (C=O) groups excluding carboxylic acids is 2. The molecule has 0 aliphatic carbocycles. The summed E-state index contributed by atoms with van der Waals surface area (Å²) in [5.74, 6) is -1.46. The van der Waals surface area contributed by atoms with Crippen molar-refractivity contribution in [3.8, 4) is 0 Å². The Kier molecular flexibility index (Phi) is 39.0. The molecule has 0 saturated heterocycles. The third-order valence-electron chi connectivity index (χ3n) is 10.9. The average molecular weight is 807 g/mol. The second-order valence-corrected chi connectivity index (χ2v) is 17.4. The molecule has 0 saturated carbocycles. The summed E-state index contributed by atoms with van der Waals surface area (Å²) in [6, 6.07) is -0.612. The fraction of sp³-hybridized carbons (Fsp3) is 0.857. The van der Waals surface area contributed by atoms with Crippen LogP contribution in [-0.4, -0.2) is 80.6 Å². The Bertz CT molecular complexity index is 989. The minimum absolute atomic E-state index is 0.0481. The highest BCUT2D eigenvalue weighted by atomic mass is 16.6. The highest BCUT2D eigenvalue weighted by Crippen LogP contribution is 2.16. The minimum Gasteiger partial charge on any atom is -0.477 e. The molecule has 8 nitrogen and oxygen atoms in total. The molecule has 2 atom stereocenters. The van der Waals surface area contributed by atoms with Gasteiger partial charge in [-0.15, -0.1) is 0 Å². The first-order valence-electron chi connectivity index (χ1n) is 23.9. The number of aliphatic carboxylic acids is 1. The van der Waals surface area contributed by atoms with Crippen molar-refractivity contribution in [1.82, 2.24) is 0 Å². The molecule has 0 heterocycles. The summed E-state index contributed by atoms with van der Waals surface area (Å²) in [5, 5.41) is 9.63. The molecule has 57 heavy (non-hydrogen) atoms. The van der Waals surface area contributed by atoms with Crippen molar-refractivity contribution < 1.29 is 38.2 Å². The number of unbranched alkanes of at least 4 members (excludes halogenated alkanes) is 26. The first kappa shape index (κ1) is 54.8. The molecule has 0 radical (unpaired) electrons. The normalized spacial score (nSPS) is 13.1. The van der Waals surface area contributed by atoms with Gasteiger partial charge in [0.1, 0.15) is 6.61 Å². The van der Waals surface area contributed by atoms with Crippen LogP contribution in [0.5, 0.6) is 0 Å². The summed E-state index contributed by atoms with van der Waals surface area (Å²) in [6.45, 7) is 4.73. The van der Waals surface area contributed by atoms with Gasteiger partial charge in [-0.3, -0.25) is 9.59 Å². The van der Waals surface area contributed by atoms with Gasteiger partial charge < -0.3 is 23.8 Å². The molecule has 0 aliphatic heterocycles. The maximum absolute atomic E-state index is 12.7. The molecule has 0 amide bonds. The summed E-state index contributed by atoms with van der Waals surface area (Å²) in [6.07, 6.45) is 45.0. The van der Waals surface area contributed by atoms with Gasteiger partial charge in [0, 0.05) is 19.3 Å². The predicted octanol–water partition coefficient (Wildman–Crippen LogP) is 13.3. The van der Waals surface area contributed by atoms with Gasteiger partial charge in [-0.1, -0.05) is 186 Å². The Morgan fingerprint density at radius 1 is 0.526 bits per heavy atom. The molecule has 0 aromatic carbocycles. The Balaban J connectivity index is 4.25. The van der Waals surface area contributed by atoms with Gasteiger partial charge >= 0.3 is 17.9 Å². The molecular weight excluding hydrogens is 715 g/mol. The lowest BCUT2D eigenvalue weighted by atomic mass is 10.0. The number of rotatable bonds is 43. The number of carbonyl (C=O) groups is 3. The lowest BCUT2D eigenvalue weighted by molar-refractivity contribution is -0.887. The topological polar surface area (TPSA) is 99.1 Å². The molecule has 0 rings (SSSR count). The van der Waals surface area contributed by atoms with Gasteiger partial charge in [-0.2, -0.15) is 0 Å². The molecular formula is C49H92NO7+. The standard InChI is InChI=1S/C49H91NO7/c1-6-8-10-12-14-16-18-20-22-23-24-25-26-28-29-31-33-35-37-39-47(51)56-44-45(43-55-42-41-46(49(53)54)50(3,4)5)57-48(52)40-38-36-34-32-30-27-21-19-17-15-13-11-9-7-2/h14,16,18,20,45-46H,6-13,15,17,19,21-44H2,1-5H3/p+1/b16-14+,20-18+. The molecule has 1 N–H and O–H groups in total. The number of carboxylic acid groups (broad SMARTS) is 1. The molecule has 0 spiro atoms. The number of allylic oxidation sites excluding steroid dienone is 4. The summed E-state index contributed by atoms with van der Waals surface area (Å²) >= 11 is 0. The van der Waals surface area contributed by atoms with E-state index in [1.54, 1.807) is 0 Å². The third kappa shape index (κ3) is 39.1. The van der Waals surface area contributed by atoms with Crippen molar-refractivity contribution in [3.05, 3.63) is 24.3 Å². The monoisotopic (exact) mass is 807 g/mol. The zero-order valence-corrected chi connectivity index (χ0v) is 38.1. The van der Waals surface area contributed by atoms with Crippen molar-refractivity contribution in [2.75, 3.05) is 41.0 Å². The van der Waals surface area contributed by atoms with Crippen LogP contribution in [0.3, 0.4) is 0 Å². The largest absolute Gasteiger partial charge is 0.477 e. The maximum atomic E-state index is 12.7. The molecule has 0 aliphatic rings. The Morgan fingerprint density at radius 3 is 1.35 bits per heavy atom. The zero-order valence-electron chi connectivity index (χ0n) is 38.1. The molecule has 0 bridgehead atoms. The number of ether oxygens (including phenoxy) is 3. The Labute approximate surface area is 351 Å². The molecule has 0 aromatic rings. The first-order chi connectivity index (χ1) is 27.6. The van der Waals surface area contributed by atoms with E-state index in [1.165, 1.54) is 148 Å². The summed E-state index contributed by atoms with van der Waals surface area (Å²) in [7, 11) is 5.54. The fourth-order valence-electron chi connectivity index (χ4n) is 7.14. The number of esters is 2. The van der Waals surface area contributed by atoms with Crippen LogP contribution in [-0.2, 0) is 28.6 Å². The van der Waals surface area contributed by atoms with Crippen molar-refractivity contribution in [2.45, 2.75) is 231 Å². The SMILES string of the molecule is CCCCC/C=C/C=C/CCCCCCCCCCCCC(=O)OCC(COCCC(C(=O)O)[N+](C)(C)C)OC(=O)CCCCCCCCCCCCCCCC. The summed E-state index contributed by atoms with van der Waals surface area (Å²) in [5.41, 5.74) is 0. The van der Waals surface area contributed by atoms with E-state index >= 15 is 0 Å². The van der Waals surface area contributed by atoms with Crippen LogP contribution >= 0.6 is 0 Å². The lowest BCUT2D eigenvalue weighted by Crippen LogP contribution is -2.50. The van der Waals surface area contributed by atoms with Crippen LogP contribution in [0.4, 0.5) is 0 Å². The number of hydrogen-bond acceptors (Lipinski definition) is 6. The number of quaternary nitrogens is 1. The van der Waals surface area contributed by atoms with Crippen LogP contribution in [0, 0.1) is 0 Å². The lowest BCUT2D eigenvalue weighted by Gasteiger charge is -2.31. The average Bonchev–Trinajstić information content (AvgIpc) is 3.17. The van der Waals surface area contributed by atoms with E-state index in [9.17, 15) is 19.5 Å². The quantitative estimate of drug-likeness (QED) is 0.0283. The van der Waals surface area contributed by atoms with E-state index in [1.807, 2.05) is 21.1 Å². The minimum atomic E-state index is -0.873. The van der Waals surface area contributed by atoms with Crippen LogP contribution in [0.25, 0.3) is 0 Å². The van der Waals surface area contributed by atoms with E-state index in [0.717, 1.165) is 38.5 Å². The zero-order chi connectivity index (χ0) is 42.1. The van der Waals surface area contributed by atoms with Crippen molar-refractivity contribution in [3.63, 3.8) is 0 Å². The maximum Gasteiger partial charge on any atom is 0.362 e. The van der Waals surface area contributed by atoms with Gasteiger partial charge in [0.15, 0.2) is 12.1 Å². The highest BCUT2D eigenvalue weighted by Gasteiger charge is 2.31. The van der Waals surface area contributed by atoms with E-state index in [0.29, 0.717) is 19.3 Å². The van der Waals surface area contributed by atoms with Gasteiger partial charge in [0.25, 0.3) is 0 Å². The van der Waals surface area contributed by atoms with E-state index in [2.05, 4.69) is 38.2 Å². The smallest absolute Gasteiger partial charge is 0.362 e. The van der Waals surface area contributed by atoms with Gasteiger partial charge in [-0.05, 0) is 38.5 Å². The van der Waals surface area contributed by atoms with Crippen molar-refractivity contribution in [2.24, 2.45) is 0 Å². The molecule has 0 aromatic heterocycles. The van der Waals surface area contributed by atoms with E-state index in [4.69, 9.17) is 14.2 Å². The van der Waals surface area contributed by atoms with Gasteiger partial charge in [-0.25, -0.2) is 4.79 Å². The number of nitrogens with zero attached hydrogens (tertiary/aromatic N) is 1. The van der Waals surface area contributed by atoms with E-state index < -0.39 is 18.1 Å². The number of hydrogen-bond donors (Lipinski definition) is 1. The first-order valence-corrected chi connectivity index (χ1v) is 23.9. The number of carboxylic acids is 1. The van der Waals surface area contributed by atoms with Crippen LogP contribution in [0.15, 0.2) is 24.3 Å². The summed E-state index contributed by atoms with van der Waals surface area (Å²) < 4.78 is 17.3. The highest BCUT2D eigenvalue weighted by molar-refractivity contribution is 5.72. The van der Waals surface area contributed by atoms with Crippen LogP contribution < -0.4 is 0 Å². The molecule has 8 heteroatoms. The molecule has 334 valence electrons. The second-order valence-electron chi connectivity index (χ2n) is 17.4. The third-order valence-corrected chi connectivity index (χ3v) is 10.9. The second kappa shape index (κ2) is 40.6. The molecule has 0 fully saturated rings. The fourth-order valence-corrected chi connectivity index (χ4v) is 7.14. The summed E-state index contributed by atoms with van der Waals surface area (Å²) in [4.78, 5) is 37.0. The number of likely N-dealkylation sites (N-methyl/N-ethyl adjacent to an activating group) is 1. The van der Waals surface area contributed by atoms with Crippen molar-refractivity contribution >= 4 is 17.9 Å². The van der Waals surface area contributed by atoms with Crippen LogP contribution in [0.2, 0.25) is 0 Å². The Morgan fingerprint density at radius 2 is 0.912 bits per heavy atom. The molecule has 2 unspecified atom stereocenters. The van der Waals surface area contributed by atoms with Gasteiger partial charge in [0.2, 0.25) is 0 Å². The predicted molar refractivity (Wildman–Crippen MR) is 238 cm³/mol. The Hall–Kier alpha value is -2.19.